The molecule has 14 heavy (non-hydrogen) atoms. The Balaban J connectivity index is 2.58. The summed E-state index contributed by atoms with van der Waals surface area (Å²) >= 11 is 0. The molecule has 0 fully saturated rings. The molecule has 0 aliphatic heterocycles. The highest BCUT2D eigenvalue weighted by Crippen LogP contribution is 2.12. The molecule has 4 nitrogen and oxygen atoms in total. The van der Waals surface area contributed by atoms with Gasteiger partial charge in [-0.25, -0.2) is 4.98 Å². The average Bonchev–Trinajstić information content (AvgIpc) is 2.63. The smallest absolute Gasteiger partial charge is 0.119 e. The summed E-state index contributed by atoms with van der Waals surface area (Å²) < 4.78 is 7.12. The molecule has 0 spiro atoms. The molecule has 1 N–H and O–H groups in total. The second-order valence-corrected chi connectivity index (χ2v) is 3.19. The molecule has 1 heterocycles. The third-order valence-corrected chi connectivity index (χ3v) is 2.03. The molecule has 0 saturated heterocycles. The van der Waals surface area contributed by atoms with Crippen molar-refractivity contribution in [2.24, 2.45) is 0 Å². The van der Waals surface area contributed by atoms with Crippen LogP contribution in [0.25, 0.3) is 0 Å². The number of hydrogen-bond donors (Lipinski definition) is 1. The van der Waals surface area contributed by atoms with Gasteiger partial charge in [-0.05, 0) is 13.3 Å². The van der Waals surface area contributed by atoms with Gasteiger partial charge in [-0.15, -0.1) is 0 Å². The van der Waals surface area contributed by atoms with Gasteiger partial charge < -0.3 is 14.4 Å². The summed E-state index contributed by atoms with van der Waals surface area (Å²) in [7, 11) is 0. The number of aliphatic hydroxyl groups is 1. The van der Waals surface area contributed by atoms with Crippen molar-refractivity contribution in [1.82, 2.24) is 9.55 Å². The molecule has 0 amide bonds. The summed E-state index contributed by atoms with van der Waals surface area (Å²) in [6.07, 6.45) is 3.90. The summed E-state index contributed by atoms with van der Waals surface area (Å²) in [5.74, 6) is 0. The Kier molecular flexibility index (Phi) is 4.62. The van der Waals surface area contributed by atoms with Crippen LogP contribution in [0.15, 0.2) is 12.5 Å². The van der Waals surface area contributed by atoms with Crippen LogP contribution in [0.5, 0.6) is 0 Å². The molecule has 0 bridgehead atoms. The molecule has 0 radical (unpaired) electrons. The Labute approximate surface area is 84.5 Å². The van der Waals surface area contributed by atoms with E-state index in [9.17, 15) is 5.11 Å². The first-order valence-electron chi connectivity index (χ1n) is 5.05. The van der Waals surface area contributed by atoms with Crippen molar-refractivity contribution in [3.05, 3.63) is 18.2 Å². The van der Waals surface area contributed by atoms with Crippen LogP contribution in [0.4, 0.5) is 0 Å². The number of aliphatic hydroxyl groups excluding tert-OH is 1. The Morgan fingerprint density at radius 1 is 1.57 bits per heavy atom. The van der Waals surface area contributed by atoms with E-state index < -0.39 is 6.10 Å². The van der Waals surface area contributed by atoms with Gasteiger partial charge in [-0.2, -0.15) is 0 Å². The zero-order chi connectivity index (χ0) is 10.4. The van der Waals surface area contributed by atoms with E-state index in [2.05, 4.69) is 11.9 Å². The lowest BCUT2D eigenvalue weighted by molar-refractivity contribution is 0.0378. The van der Waals surface area contributed by atoms with Crippen LogP contribution in [-0.2, 0) is 11.3 Å². The number of ether oxygens (including phenoxy) is 1. The molecular weight excluding hydrogens is 180 g/mol. The van der Waals surface area contributed by atoms with Gasteiger partial charge in [-0.3, -0.25) is 0 Å². The van der Waals surface area contributed by atoms with Gasteiger partial charge in [0.25, 0.3) is 0 Å². The van der Waals surface area contributed by atoms with Crippen LogP contribution in [0.3, 0.4) is 0 Å². The minimum atomic E-state index is -0.566. The van der Waals surface area contributed by atoms with Crippen molar-refractivity contribution in [3.63, 3.8) is 0 Å². The van der Waals surface area contributed by atoms with Crippen LogP contribution >= 0.6 is 0 Å². The van der Waals surface area contributed by atoms with Crippen molar-refractivity contribution < 1.29 is 9.84 Å². The topological polar surface area (TPSA) is 47.3 Å². The Morgan fingerprint density at radius 2 is 2.36 bits per heavy atom. The van der Waals surface area contributed by atoms with Crippen molar-refractivity contribution in [2.75, 3.05) is 13.2 Å². The molecule has 0 saturated carbocycles. The zero-order valence-electron chi connectivity index (χ0n) is 8.81. The lowest BCUT2D eigenvalue weighted by atomic mass is 10.3. The molecule has 1 atom stereocenters. The summed E-state index contributed by atoms with van der Waals surface area (Å²) in [5.41, 5.74) is 0.834. The average molecular weight is 198 g/mol. The van der Waals surface area contributed by atoms with Gasteiger partial charge in [0.2, 0.25) is 0 Å². The molecule has 0 aromatic carbocycles. The maximum Gasteiger partial charge on any atom is 0.119 e. The van der Waals surface area contributed by atoms with E-state index in [0.717, 1.165) is 18.7 Å². The number of aryl methyl sites for hydroxylation is 1. The minimum Gasteiger partial charge on any atom is -0.384 e. The predicted molar refractivity (Wildman–Crippen MR) is 54.0 cm³/mol. The fraction of sp³-hybridized carbons (Fsp3) is 0.700. The summed E-state index contributed by atoms with van der Waals surface area (Å²) in [4.78, 5) is 4.02. The lowest BCUT2D eigenvalue weighted by Gasteiger charge is -2.12. The molecule has 0 aliphatic rings. The fourth-order valence-electron chi connectivity index (χ4n) is 1.35. The van der Waals surface area contributed by atoms with Gasteiger partial charge >= 0.3 is 0 Å². The third kappa shape index (κ3) is 2.82. The monoisotopic (exact) mass is 198 g/mol. The Hall–Kier alpha value is -0.870. The van der Waals surface area contributed by atoms with Crippen molar-refractivity contribution in [1.29, 1.82) is 0 Å². The SMILES string of the molecule is CCCn1cncc1C(O)COCC. The number of aromatic nitrogens is 2. The van der Waals surface area contributed by atoms with E-state index in [1.165, 1.54) is 0 Å². The van der Waals surface area contributed by atoms with E-state index in [4.69, 9.17) is 4.74 Å². The molecule has 1 rings (SSSR count). The van der Waals surface area contributed by atoms with Crippen molar-refractivity contribution in [2.45, 2.75) is 32.9 Å². The van der Waals surface area contributed by atoms with Crippen LogP contribution in [-0.4, -0.2) is 27.9 Å². The largest absolute Gasteiger partial charge is 0.384 e. The highest BCUT2D eigenvalue weighted by atomic mass is 16.5. The van der Waals surface area contributed by atoms with Crippen molar-refractivity contribution >= 4 is 0 Å². The van der Waals surface area contributed by atoms with E-state index in [1.54, 1.807) is 12.5 Å². The highest BCUT2D eigenvalue weighted by Gasteiger charge is 2.11. The first-order chi connectivity index (χ1) is 6.79. The first-order valence-corrected chi connectivity index (χ1v) is 5.05. The van der Waals surface area contributed by atoms with E-state index in [0.29, 0.717) is 13.2 Å². The Morgan fingerprint density at radius 3 is 3.00 bits per heavy atom. The van der Waals surface area contributed by atoms with E-state index in [1.807, 2.05) is 11.5 Å². The number of nitrogens with zero attached hydrogens (tertiary/aromatic N) is 2. The zero-order valence-corrected chi connectivity index (χ0v) is 8.81. The quantitative estimate of drug-likeness (QED) is 0.750. The number of rotatable bonds is 6. The summed E-state index contributed by atoms with van der Waals surface area (Å²) in [6, 6.07) is 0. The molecule has 1 unspecified atom stereocenters. The van der Waals surface area contributed by atoms with E-state index >= 15 is 0 Å². The predicted octanol–water partition coefficient (Wildman–Crippen LogP) is 1.36. The second kappa shape index (κ2) is 5.78. The fourth-order valence-corrected chi connectivity index (χ4v) is 1.35. The number of imidazole rings is 1. The molecule has 80 valence electrons. The number of hydrogen-bond acceptors (Lipinski definition) is 3. The third-order valence-electron chi connectivity index (χ3n) is 2.03. The molecule has 1 aromatic rings. The van der Waals surface area contributed by atoms with E-state index in [-0.39, 0.29) is 0 Å². The molecule has 1 aromatic heterocycles. The maximum absolute atomic E-state index is 9.76. The lowest BCUT2D eigenvalue weighted by Crippen LogP contribution is -2.12. The molecule has 0 aliphatic carbocycles. The van der Waals surface area contributed by atoms with Gasteiger partial charge in [0, 0.05) is 13.2 Å². The van der Waals surface area contributed by atoms with Crippen LogP contribution < -0.4 is 0 Å². The highest BCUT2D eigenvalue weighted by molar-refractivity contribution is 5.02. The van der Waals surface area contributed by atoms with Gasteiger partial charge in [0.15, 0.2) is 0 Å². The van der Waals surface area contributed by atoms with Crippen LogP contribution in [0, 0.1) is 0 Å². The van der Waals surface area contributed by atoms with Gasteiger partial charge in [0.05, 0.1) is 24.8 Å². The Bertz CT molecular complexity index is 260. The van der Waals surface area contributed by atoms with Crippen LogP contribution in [0.2, 0.25) is 0 Å². The van der Waals surface area contributed by atoms with Gasteiger partial charge in [0.1, 0.15) is 6.10 Å². The van der Waals surface area contributed by atoms with Crippen molar-refractivity contribution in [3.8, 4) is 0 Å². The first kappa shape index (κ1) is 11.2. The minimum absolute atomic E-state index is 0.339. The maximum atomic E-state index is 9.76. The van der Waals surface area contributed by atoms with Crippen LogP contribution in [0.1, 0.15) is 32.1 Å². The normalized spacial score (nSPS) is 13.1. The molecular formula is C10H18N2O2. The standard InChI is InChI=1S/C10H18N2O2/c1-3-5-12-8-11-6-9(12)10(13)7-14-4-2/h6,8,10,13H,3-5,7H2,1-2H3. The molecule has 4 heteroatoms. The summed E-state index contributed by atoms with van der Waals surface area (Å²) in [5, 5.41) is 9.76. The second-order valence-electron chi connectivity index (χ2n) is 3.19. The van der Waals surface area contributed by atoms with Gasteiger partial charge in [-0.1, -0.05) is 6.92 Å². The summed E-state index contributed by atoms with van der Waals surface area (Å²) in [6.45, 7) is 5.86.